The van der Waals surface area contributed by atoms with Crippen molar-refractivity contribution in [1.82, 2.24) is 0 Å². The van der Waals surface area contributed by atoms with E-state index in [1.54, 1.807) is 0 Å². The zero-order chi connectivity index (χ0) is 29.9. The standard InChI is InChI=1S/C29H32N3Se.F6P/c1-30(2)25-13-7-21(8-14-25)24-19-28(22-9-15-26(16-10-22)31(3)4)33-29(20-24)23-11-17-27(18-12-23)32(5)6;1-7(2,3,4,5)6/h7-20H,1-6H3;/q+1;-1. The van der Waals surface area contributed by atoms with E-state index in [1.165, 1.54) is 48.3 Å². The Labute approximate surface area is 237 Å². The molecule has 0 saturated carbocycles. The Bertz CT molecular complexity index is 1410. The molecule has 2 aromatic rings. The molecule has 4 rings (SSSR count). The van der Waals surface area contributed by atoms with E-state index in [2.05, 4.69) is 142 Å². The van der Waals surface area contributed by atoms with Gasteiger partial charge in [0.05, 0.1) is 0 Å². The summed E-state index contributed by atoms with van der Waals surface area (Å²) < 4.78 is 64.2. The number of anilines is 2. The van der Waals surface area contributed by atoms with Crippen LogP contribution in [0.25, 0.3) is 10.0 Å². The Morgan fingerprint density at radius 3 is 1.45 bits per heavy atom. The first-order chi connectivity index (χ1) is 18.3. The zero-order valence-electron chi connectivity index (χ0n) is 23.0. The van der Waals surface area contributed by atoms with Crippen LogP contribution < -0.4 is 9.80 Å². The quantitative estimate of drug-likeness (QED) is 0.143. The molecule has 1 aliphatic heterocycles. The van der Waals surface area contributed by atoms with Crippen molar-refractivity contribution >= 4 is 49.9 Å². The number of hydrogen-bond donors (Lipinski definition) is 0. The van der Waals surface area contributed by atoms with Gasteiger partial charge < -0.3 is 0 Å². The molecule has 40 heavy (non-hydrogen) atoms. The molecule has 3 nitrogen and oxygen atoms in total. The third-order valence-corrected chi connectivity index (χ3v) is 8.25. The van der Waals surface area contributed by atoms with Crippen molar-refractivity contribution in [2.24, 2.45) is 0 Å². The van der Waals surface area contributed by atoms with Crippen LogP contribution in [0.5, 0.6) is 0 Å². The zero-order valence-corrected chi connectivity index (χ0v) is 25.7. The van der Waals surface area contributed by atoms with E-state index in [-0.39, 0.29) is 15.0 Å². The van der Waals surface area contributed by atoms with Crippen LogP contribution in [0.3, 0.4) is 0 Å². The van der Waals surface area contributed by atoms with Crippen molar-refractivity contribution in [2.45, 2.75) is 0 Å². The second kappa shape index (κ2) is 11.1. The Hall–Kier alpha value is -3.06. The maximum atomic E-state index is 9.87. The SMILES string of the molecule is CN(C)c1ccc(C2=CC(=C3C=CC(=[N+](C)C)C=C3)[Se]C(c3ccc(N(C)C)cc3)=C2)cc1.F[P-](F)(F)(F)(F)F. The molecule has 0 aromatic heterocycles. The fraction of sp³-hybridized carbons (Fsp3) is 0.207. The van der Waals surface area contributed by atoms with Crippen molar-refractivity contribution < 1.29 is 29.8 Å². The molecular formula is C29H32F6N3PSe. The maximum absolute atomic E-state index is 10.7. The molecule has 2 aliphatic rings. The van der Waals surface area contributed by atoms with Crippen molar-refractivity contribution in [1.29, 1.82) is 0 Å². The summed E-state index contributed by atoms with van der Waals surface area (Å²) in [5, 5.41) is 0. The monoisotopic (exact) mass is 647 g/mol. The summed E-state index contributed by atoms with van der Waals surface area (Å²) in [6.07, 6.45) is 13.7. The van der Waals surface area contributed by atoms with Gasteiger partial charge in [0, 0.05) is 0 Å². The van der Waals surface area contributed by atoms with Gasteiger partial charge in [-0.25, -0.2) is 0 Å². The van der Waals surface area contributed by atoms with E-state index in [1.807, 2.05) is 0 Å². The van der Waals surface area contributed by atoms with Gasteiger partial charge in [-0.2, -0.15) is 0 Å². The van der Waals surface area contributed by atoms with Gasteiger partial charge in [0.2, 0.25) is 0 Å². The molecule has 0 unspecified atom stereocenters. The summed E-state index contributed by atoms with van der Waals surface area (Å²) >= 11 is 0.229. The van der Waals surface area contributed by atoms with Gasteiger partial charge in [-0.15, -0.1) is 0 Å². The molecule has 0 atom stereocenters. The normalized spacial score (nSPS) is 16.8. The van der Waals surface area contributed by atoms with Crippen LogP contribution in [0.1, 0.15) is 11.1 Å². The van der Waals surface area contributed by atoms with Gasteiger partial charge >= 0.3 is 238 Å². The van der Waals surface area contributed by atoms with Crippen LogP contribution in [0.15, 0.2) is 95.0 Å². The molecule has 0 spiro atoms. The number of allylic oxidation sites excluding steroid dienone is 9. The number of nitrogens with zero attached hydrogens (tertiary/aromatic N) is 3. The second-order valence-corrected chi connectivity index (χ2v) is 14.0. The average molecular weight is 647 g/mol. The molecular weight excluding hydrogens is 614 g/mol. The fourth-order valence-corrected chi connectivity index (χ4v) is 6.10. The molecule has 0 radical (unpaired) electrons. The molecule has 0 amide bonds. The Morgan fingerprint density at radius 1 is 0.625 bits per heavy atom. The van der Waals surface area contributed by atoms with Crippen LogP contribution in [0, 0.1) is 0 Å². The predicted octanol–water partition coefficient (Wildman–Crippen LogP) is 8.44. The first-order valence-corrected chi connectivity index (χ1v) is 15.9. The van der Waals surface area contributed by atoms with E-state index >= 15 is 0 Å². The Balaban J connectivity index is 0.000000559. The summed E-state index contributed by atoms with van der Waals surface area (Å²) in [6, 6.07) is 17.8. The van der Waals surface area contributed by atoms with Crippen molar-refractivity contribution in [2.75, 3.05) is 52.1 Å². The first-order valence-electron chi connectivity index (χ1n) is 12.1. The van der Waals surface area contributed by atoms with Crippen LogP contribution >= 0.6 is 7.81 Å². The second-order valence-electron chi connectivity index (χ2n) is 9.86. The Kier molecular flexibility index (Phi) is 8.71. The number of rotatable bonds is 4. The van der Waals surface area contributed by atoms with Crippen LogP contribution in [-0.4, -0.2) is 67.5 Å². The summed E-state index contributed by atoms with van der Waals surface area (Å²) in [7, 11) is 1.84. The third-order valence-electron chi connectivity index (χ3n) is 5.85. The van der Waals surface area contributed by atoms with E-state index in [0.717, 1.165) is 0 Å². The molecule has 1 aliphatic carbocycles. The molecule has 11 heteroatoms. The van der Waals surface area contributed by atoms with Gasteiger partial charge in [0.25, 0.3) is 0 Å². The molecule has 0 bridgehead atoms. The van der Waals surface area contributed by atoms with Gasteiger partial charge in [0.15, 0.2) is 0 Å². The van der Waals surface area contributed by atoms with Gasteiger partial charge in [-0.05, 0) is 0 Å². The molecule has 0 N–H and O–H groups in total. The fourth-order valence-electron chi connectivity index (χ4n) is 3.75. The summed E-state index contributed by atoms with van der Waals surface area (Å²) in [5.41, 5.74) is 8.79. The van der Waals surface area contributed by atoms with E-state index in [0.29, 0.717) is 0 Å². The van der Waals surface area contributed by atoms with E-state index < -0.39 is 7.81 Å². The summed E-state index contributed by atoms with van der Waals surface area (Å²) in [6.45, 7) is 0. The number of benzene rings is 2. The third kappa shape index (κ3) is 10.2. The van der Waals surface area contributed by atoms with Gasteiger partial charge in [0.1, 0.15) is 0 Å². The molecule has 1 heterocycles. The van der Waals surface area contributed by atoms with Crippen LogP contribution in [-0.2, 0) is 0 Å². The van der Waals surface area contributed by atoms with Crippen molar-refractivity contribution in [3.63, 3.8) is 0 Å². The summed E-state index contributed by atoms with van der Waals surface area (Å²) in [5.74, 6) is 0. The molecule has 216 valence electrons. The molecule has 0 saturated heterocycles. The molecule has 2 aromatic carbocycles. The van der Waals surface area contributed by atoms with E-state index in [4.69, 9.17) is 0 Å². The van der Waals surface area contributed by atoms with Crippen LogP contribution in [0.2, 0.25) is 0 Å². The van der Waals surface area contributed by atoms with Crippen molar-refractivity contribution in [3.8, 4) is 0 Å². The minimum absolute atomic E-state index is 0.229. The number of hydrogen-bond acceptors (Lipinski definition) is 2. The van der Waals surface area contributed by atoms with Crippen LogP contribution in [0.4, 0.5) is 36.6 Å². The topological polar surface area (TPSA) is 9.49 Å². The van der Waals surface area contributed by atoms with E-state index in [9.17, 15) is 25.2 Å². The predicted molar refractivity (Wildman–Crippen MR) is 159 cm³/mol. The summed E-state index contributed by atoms with van der Waals surface area (Å²) in [4.78, 5) is 4.28. The van der Waals surface area contributed by atoms with Crippen molar-refractivity contribution in [3.05, 3.63) is 106 Å². The van der Waals surface area contributed by atoms with Gasteiger partial charge in [-0.3, -0.25) is 0 Å². The number of halogens is 6. The van der Waals surface area contributed by atoms with Gasteiger partial charge in [-0.1, -0.05) is 0 Å². The minimum atomic E-state index is -10.7. The molecule has 0 fully saturated rings. The average Bonchev–Trinajstić information content (AvgIpc) is 2.86. The Morgan fingerprint density at radius 2 is 1.05 bits per heavy atom. The first kappa shape index (κ1) is 31.5.